The number of alkyl halides is 1. The molecule has 2 amide bonds. The molecule has 0 spiro atoms. The topological polar surface area (TPSA) is 112 Å². The smallest absolute Gasteiger partial charge is 0.407 e. The molecule has 0 atom stereocenters. The summed E-state index contributed by atoms with van der Waals surface area (Å²) in [6.07, 6.45) is 3.69. The normalized spacial score (nSPS) is 18.0. The highest BCUT2D eigenvalue weighted by atomic mass is 35.5. The van der Waals surface area contributed by atoms with Crippen molar-refractivity contribution in [3.63, 3.8) is 0 Å². The van der Waals surface area contributed by atoms with E-state index in [2.05, 4.69) is 15.2 Å². The number of ether oxygens (including phenoxy) is 1. The van der Waals surface area contributed by atoms with Crippen molar-refractivity contribution in [1.82, 2.24) is 19.5 Å². The summed E-state index contributed by atoms with van der Waals surface area (Å²) in [5.41, 5.74) is 0.188. The van der Waals surface area contributed by atoms with Crippen molar-refractivity contribution in [2.24, 2.45) is 0 Å². The Labute approximate surface area is 243 Å². The molecule has 5 rings (SSSR count). The van der Waals surface area contributed by atoms with Gasteiger partial charge in [0.05, 0.1) is 17.0 Å². The van der Waals surface area contributed by atoms with E-state index in [0.717, 1.165) is 16.5 Å². The van der Waals surface area contributed by atoms with Crippen molar-refractivity contribution >= 4 is 50.1 Å². The van der Waals surface area contributed by atoms with Crippen molar-refractivity contribution in [2.75, 3.05) is 57.4 Å². The highest BCUT2D eigenvalue weighted by Crippen LogP contribution is 2.29. The molecule has 13 heteroatoms. The first-order valence-electron chi connectivity index (χ1n) is 13.3. The van der Waals surface area contributed by atoms with Gasteiger partial charge in [-0.1, -0.05) is 23.7 Å². The molecule has 3 heterocycles. The number of carbonyl (C=O) groups is 2. The second-order valence-corrected chi connectivity index (χ2v) is 12.6. The Morgan fingerprint density at radius 3 is 2.44 bits per heavy atom. The largest absolute Gasteiger partial charge is 0.447 e. The number of piperazine rings is 1. The number of sulfonamides is 1. The molecular weight excluding hydrogens is 573 g/mol. The summed E-state index contributed by atoms with van der Waals surface area (Å²) in [5.74, 6) is -0.359. The number of nitrogens with one attached hydrogen (secondary N) is 1. The van der Waals surface area contributed by atoms with E-state index in [4.69, 9.17) is 16.3 Å². The fraction of sp³-hybridized carbons (Fsp3) is 0.393. The molecule has 218 valence electrons. The number of benzene rings is 2. The van der Waals surface area contributed by atoms with Gasteiger partial charge in [-0.3, -0.25) is 9.78 Å². The van der Waals surface area contributed by atoms with Gasteiger partial charge in [0.15, 0.2) is 0 Å². The molecule has 0 unspecified atom stereocenters. The van der Waals surface area contributed by atoms with Crippen LogP contribution < -0.4 is 10.2 Å². The Balaban J connectivity index is 1.28. The van der Waals surface area contributed by atoms with Gasteiger partial charge in [-0.05, 0) is 60.0 Å². The molecule has 2 aliphatic heterocycles. The van der Waals surface area contributed by atoms with E-state index in [1.165, 1.54) is 10.4 Å². The number of carbonyl (C=O) groups excluding carboxylic acids is 2. The fourth-order valence-electron chi connectivity index (χ4n) is 5.38. The van der Waals surface area contributed by atoms with Crippen LogP contribution in [0.5, 0.6) is 0 Å². The number of halogens is 2. The van der Waals surface area contributed by atoms with E-state index in [-0.39, 0.29) is 43.6 Å². The van der Waals surface area contributed by atoms with E-state index < -0.39 is 28.3 Å². The molecule has 1 N–H and O–H groups in total. The quantitative estimate of drug-likeness (QED) is 0.420. The molecule has 2 saturated heterocycles. The number of alkyl carbamates (subject to hydrolysis) is 1. The average molecular weight is 604 g/mol. The van der Waals surface area contributed by atoms with Gasteiger partial charge in [0.2, 0.25) is 15.9 Å². The molecule has 2 aromatic carbocycles. The maximum Gasteiger partial charge on any atom is 0.407 e. The number of aromatic nitrogens is 1. The Morgan fingerprint density at radius 2 is 1.73 bits per heavy atom. The molecule has 0 saturated carbocycles. The van der Waals surface area contributed by atoms with Gasteiger partial charge in [0.1, 0.15) is 13.3 Å². The lowest BCUT2D eigenvalue weighted by molar-refractivity contribution is -0.135. The number of amides is 2. The zero-order valence-electron chi connectivity index (χ0n) is 22.3. The van der Waals surface area contributed by atoms with Crippen LogP contribution in [0.4, 0.5) is 14.9 Å². The number of hydrogen-bond acceptors (Lipinski definition) is 7. The number of pyridine rings is 1. The number of nitrogens with zero attached hydrogens (tertiary/aromatic N) is 4. The molecule has 2 aliphatic rings. The SMILES string of the molecule is O=C(NC1(CN2CCN(S(=O)(=O)c3ccc4cc(Cl)ccc4c3)CC2=O)CCN(c2ccncc2)CC1)OCCF. The highest BCUT2D eigenvalue weighted by Gasteiger charge is 2.41. The van der Waals surface area contributed by atoms with Crippen LogP contribution in [0, 0.1) is 0 Å². The highest BCUT2D eigenvalue weighted by molar-refractivity contribution is 7.89. The zero-order valence-corrected chi connectivity index (χ0v) is 23.9. The number of anilines is 1. The summed E-state index contributed by atoms with van der Waals surface area (Å²) in [4.78, 5) is 33.7. The molecule has 2 fully saturated rings. The molecule has 10 nitrogen and oxygen atoms in total. The van der Waals surface area contributed by atoms with E-state index in [1.807, 2.05) is 12.1 Å². The van der Waals surface area contributed by atoms with Crippen molar-refractivity contribution in [3.05, 3.63) is 65.9 Å². The first-order chi connectivity index (χ1) is 19.7. The van der Waals surface area contributed by atoms with Gasteiger partial charge in [-0.15, -0.1) is 0 Å². The van der Waals surface area contributed by atoms with Gasteiger partial charge in [0, 0.05) is 55.8 Å². The van der Waals surface area contributed by atoms with Crippen molar-refractivity contribution in [3.8, 4) is 0 Å². The predicted octanol–water partition coefficient (Wildman–Crippen LogP) is 3.46. The minimum Gasteiger partial charge on any atom is -0.447 e. The van der Waals surface area contributed by atoms with E-state index >= 15 is 0 Å². The minimum atomic E-state index is -3.92. The Morgan fingerprint density at radius 1 is 1.02 bits per heavy atom. The number of piperidine rings is 1. The number of rotatable bonds is 8. The molecule has 0 radical (unpaired) electrons. The Kier molecular flexibility index (Phi) is 8.62. The third-order valence-corrected chi connectivity index (χ3v) is 9.69. The summed E-state index contributed by atoms with van der Waals surface area (Å²) < 4.78 is 45.6. The van der Waals surface area contributed by atoms with Crippen LogP contribution in [-0.2, 0) is 19.6 Å². The maximum absolute atomic E-state index is 13.4. The van der Waals surface area contributed by atoms with Gasteiger partial charge in [-0.25, -0.2) is 17.6 Å². The molecule has 41 heavy (non-hydrogen) atoms. The minimum absolute atomic E-state index is 0.103. The molecular formula is C28H31ClFN5O5S. The van der Waals surface area contributed by atoms with Gasteiger partial charge < -0.3 is 19.9 Å². The van der Waals surface area contributed by atoms with E-state index in [9.17, 15) is 22.4 Å². The standard InChI is InChI=1S/C28H31ClFN5O5S/c29-23-3-1-22-18-25(4-2-21(22)17-23)41(38,39)35-15-14-34(26(36)19-35)20-28(32-27(37)40-16-9-30)7-12-33(13-8-28)24-5-10-31-11-6-24/h1-6,10-11,17-18H,7-9,12-16,19-20H2,(H,32,37). The lowest BCUT2D eigenvalue weighted by atomic mass is 9.86. The summed E-state index contributed by atoms with van der Waals surface area (Å²) in [7, 11) is -3.92. The van der Waals surface area contributed by atoms with Crippen LogP contribution in [0.25, 0.3) is 10.8 Å². The first-order valence-corrected chi connectivity index (χ1v) is 15.1. The van der Waals surface area contributed by atoms with Crippen molar-refractivity contribution < 1.29 is 27.1 Å². The summed E-state index contributed by atoms with van der Waals surface area (Å²) in [5, 5.41) is 4.99. The van der Waals surface area contributed by atoms with Gasteiger partial charge in [0.25, 0.3) is 0 Å². The predicted molar refractivity (Wildman–Crippen MR) is 153 cm³/mol. The zero-order chi connectivity index (χ0) is 29.0. The lowest BCUT2D eigenvalue weighted by Crippen LogP contribution is -2.64. The second kappa shape index (κ2) is 12.2. The molecule has 1 aromatic heterocycles. The molecule has 0 bridgehead atoms. The average Bonchev–Trinajstić information content (AvgIpc) is 2.97. The van der Waals surface area contributed by atoms with Crippen LogP contribution in [-0.4, -0.2) is 92.7 Å². The summed E-state index contributed by atoms with van der Waals surface area (Å²) >= 11 is 6.05. The summed E-state index contributed by atoms with van der Waals surface area (Å²) in [6.45, 7) is 0.194. The maximum atomic E-state index is 13.4. The van der Waals surface area contributed by atoms with E-state index in [1.54, 1.807) is 47.6 Å². The van der Waals surface area contributed by atoms with E-state index in [0.29, 0.717) is 31.0 Å². The van der Waals surface area contributed by atoms with Gasteiger partial charge in [-0.2, -0.15) is 4.31 Å². The second-order valence-electron chi connectivity index (χ2n) is 10.2. The van der Waals surface area contributed by atoms with Crippen LogP contribution in [0.3, 0.4) is 0 Å². The fourth-order valence-corrected chi connectivity index (χ4v) is 6.98. The van der Waals surface area contributed by atoms with Gasteiger partial charge >= 0.3 is 6.09 Å². The Bertz CT molecular complexity index is 1520. The van der Waals surface area contributed by atoms with Crippen molar-refractivity contribution in [2.45, 2.75) is 23.3 Å². The van der Waals surface area contributed by atoms with Crippen molar-refractivity contribution in [1.29, 1.82) is 0 Å². The third kappa shape index (κ3) is 6.55. The van der Waals surface area contributed by atoms with Crippen LogP contribution in [0.2, 0.25) is 5.02 Å². The molecule has 3 aromatic rings. The summed E-state index contributed by atoms with van der Waals surface area (Å²) in [6, 6.07) is 13.8. The monoisotopic (exact) mass is 603 g/mol. The number of fused-ring (bicyclic) bond motifs is 1. The molecule has 0 aliphatic carbocycles. The Hall–Kier alpha value is -3.48. The lowest BCUT2D eigenvalue weighted by Gasteiger charge is -2.46. The third-order valence-electron chi connectivity index (χ3n) is 7.61. The number of hydrogen-bond donors (Lipinski definition) is 1. The first kappa shape index (κ1) is 29.0. The van der Waals surface area contributed by atoms with Crippen LogP contribution >= 0.6 is 11.6 Å². The van der Waals surface area contributed by atoms with Crippen LogP contribution in [0.1, 0.15) is 12.8 Å². The van der Waals surface area contributed by atoms with Crippen LogP contribution in [0.15, 0.2) is 65.8 Å².